The normalized spacial score (nSPS) is 12.0. The zero-order chi connectivity index (χ0) is 11.8. The molecule has 0 aliphatic carbocycles. The summed E-state index contributed by atoms with van der Waals surface area (Å²) in [4.78, 5) is 0. The largest absolute Gasteiger partial charge is 0.496 e. The lowest BCUT2D eigenvalue weighted by atomic mass is 11.8. The van der Waals surface area contributed by atoms with E-state index in [1.165, 1.54) is 0 Å². The van der Waals surface area contributed by atoms with E-state index in [1.807, 2.05) is 6.55 Å². The number of hydrogen-bond donors (Lipinski definition) is 0. The van der Waals surface area contributed by atoms with Crippen molar-refractivity contribution in [2.75, 3.05) is 28.4 Å². The molecular weight excluding hydrogens is 216 g/mol. The predicted octanol–water partition coefficient (Wildman–Crippen LogP) is 1.96. The standard InChI is InChI=1S/C4H12O3Si.C4H12OSi/c1-5-8(4,6-2)7-3;1-5-6(2,3)4/h1-4H3;1-4H3. The van der Waals surface area contributed by atoms with Crippen molar-refractivity contribution in [3.05, 3.63) is 0 Å². The molecule has 0 radical (unpaired) electrons. The van der Waals surface area contributed by atoms with Crippen LogP contribution in [0.15, 0.2) is 0 Å². The van der Waals surface area contributed by atoms with Gasteiger partial charge in [-0.3, -0.25) is 0 Å². The summed E-state index contributed by atoms with van der Waals surface area (Å²) in [5.74, 6) is 0. The molecule has 0 aromatic heterocycles. The summed E-state index contributed by atoms with van der Waals surface area (Å²) in [5.41, 5.74) is 0. The lowest BCUT2D eigenvalue weighted by molar-refractivity contribution is 0.132. The summed E-state index contributed by atoms with van der Waals surface area (Å²) in [5, 5.41) is 0. The maximum atomic E-state index is 5.08. The summed E-state index contributed by atoms with van der Waals surface area (Å²) in [6, 6.07) is 0. The monoisotopic (exact) mass is 240 g/mol. The molecule has 0 bridgehead atoms. The molecule has 0 amide bonds. The van der Waals surface area contributed by atoms with Gasteiger partial charge in [0.15, 0.2) is 8.32 Å². The zero-order valence-corrected chi connectivity index (χ0v) is 12.6. The molecule has 4 nitrogen and oxygen atoms in total. The van der Waals surface area contributed by atoms with Crippen LogP contribution >= 0.6 is 0 Å². The van der Waals surface area contributed by atoms with Crippen LogP contribution in [0.2, 0.25) is 26.2 Å². The van der Waals surface area contributed by atoms with Crippen molar-refractivity contribution in [3.63, 3.8) is 0 Å². The Labute approximate surface area is 90.0 Å². The molecule has 0 saturated carbocycles. The highest BCUT2D eigenvalue weighted by Gasteiger charge is 2.29. The van der Waals surface area contributed by atoms with Gasteiger partial charge < -0.3 is 17.7 Å². The van der Waals surface area contributed by atoms with E-state index >= 15 is 0 Å². The zero-order valence-electron chi connectivity index (χ0n) is 10.6. The van der Waals surface area contributed by atoms with E-state index in [4.69, 9.17) is 17.7 Å². The highest BCUT2D eigenvalue weighted by Crippen LogP contribution is 2.02. The first-order valence-electron chi connectivity index (χ1n) is 4.45. The highest BCUT2D eigenvalue weighted by molar-refractivity contribution is 6.69. The van der Waals surface area contributed by atoms with E-state index in [1.54, 1.807) is 28.4 Å². The second-order valence-electron chi connectivity index (χ2n) is 3.79. The average Bonchev–Trinajstić information content (AvgIpc) is 2.16. The van der Waals surface area contributed by atoms with E-state index in [0.717, 1.165) is 0 Å². The minimum atomic E-state index is -2.17. The van der Waals surface area contributed by atoms with E-state index < -0.39 is 17.1 Å². The van der Waals surface area contributed by atoms with Gasteiger partial charge in [-0.05, 0) is 19.6 Å². The predicted molar refractivity (Wildman–Crippen MR) is 63.0 cm³/mol. The van der Waals surface area contributed by atoms with Crippen LogP contribution in [-0.2, 0) is 17.7 Å². The van der Waals surface area contributed by atoms with Crippen molar-refractivity contribution in [2.24, 2.45) is 0 Å². The molecular formula is C8H24O4Si2. The fraction of sp³-hybridized carbons (Fsp3) is 1.00. The highest BCUT2D eigenvalue weighted by atomic mass is 28.4. The van der Waals surface area contributed by atoms with Crippen LogP contribution in [0.5, 0.6) is 0 Å². The molecule has 0 aliphatic heterocycles. The van der Waals surface area contributed by atoms with Crippen LogP contribution in [0, 0.1) is 0 Å². The van der Waals surface area contributed by atoms with E-state index in [-0.39, 0.29) is 0 Å². The van der Waals surface area contributed by atoms with Gasteiger partial charge in [-0.2, -0.15) is 0 Å². The molecule has 0 atom stereocenters. The molecule has 88 valence electrons. The third-order valence-electron chi connectivity index (χ3n) is 1.72. The molecule has 0 aromatic rings. The third kappa shape index (κ3) is 10.4. The van der Waals surface area contributed by atoms with Crippen LogP contribution in [0.4, 0.5) is 0 Å². The van der Waals surface area contributed by atoms with Gasteiger partial charge in [-0.1, -0.05) is 0 Å². The molecule has 0 saturated heterocycles. The van der Waals surface area contributed by atoms with Crippen molar-refractivity contribution in [1.29, 1.82) is 0 Å². The second-order valence-corrected chi connectivity index (χ2v) is 11.4. The van der Waals surface area contributed by atoms with Crippen LogP contribution in [-0.4, -0.2) is 45.6 Å². The van der Waals surface area contributed by atoms with Crippen molar-refractivity contribution in [3.8, 4) is 0 Å². The quantitative estimate of drug-likeness (QED) is 0.704. The molecule has 6 heteroatoms. The Bertz CT molecular complexity index is 124. The minimum absolute atomic E-state index is 1.13. The summed E-state index contributed by atoms with van der Waals surface area (Å²) < 4.78 is 19.9. The summed E-state index contributed by atoms with van der Waals surface area (Å²) in [7, 11) is 3.22. The van der Waals surface area contributed by atoms with Crippen LogP contribution in [0.25, 0.3) is 0 Å². The first kappa shape index (κ1) is 16.7. The maximum absolute atomic E-state index is 5.08. The summed E-state index contributed by atoms with van der Waals surface area (Å²) in [6.45, 7) is 8.31. The van der Waals surface area contributed by atoms with Crippen molar-refractivity contribution in [2.45, 2.75) is 26.2 Å². The molecule has 0 heterocycles. The molecule has 0 spiro atoms. The third-order valence-corrected chi connectivity index (χ3v) is 5.17. The van der Waals surface area contributed by atoms with Crippen molar-refractivity contribution < 1.29 is 17.7 Å². The van der Waals surface area contributed by atoms with Crippen molar-refractivity contribution >= 4 is 17.1 Å². The Hall–Kier alpha value is 0.274. The minimum Gasteiger partial charge on any atom is -0.421 e. The summed E-state index contributed by atoms with van der Waals surface area (Å²) >= 11 is 0. The van der Waals surface area contributed by atoms with Gasteiger partial charge in [0.25, 0.3) is 0 Å². The Morgan fingerprint density at radius 3 is 0.786 bits per heavy atom. The Kier molecular flexibility index (Phi) is 9.00. The fourth-order valence-corrected chi connectivity index (χ4v) is 0.750. The molecule has 0 unspecified atom stereocenters. The van der Waals surface area contributed by atoms with Gasteiger partial charge >= 0.3 is 8.80 Å². The van der Waals surface area contributed by atoms with Crippen molar-refractivity contribution in [1.82, 2.24) is 0 Å². The molecule has 0 aromatic carbocycles. The first-order valence-corrected chi connectivity index (χ1v) is 10.1. The molecule has 0 aliphatic rings. The van der Waals surface area contributed by atoms with Gasteiger partial charge in [0, 0.05) is 35.0 Å². The van der Waals surface area contributed by atoms with E-state index in [9.17, 15) is 0 Å². The lowest BCUT2D eigenvalue weighted by Crippen LogP contribution is -2.38. The topological polar surface area (TPSA) is 36.9 Å². The molecule has 0 fully saturated rings. The second kappa shape index (κ2) is 7.55. The van der Waals surface area contributed by atoms with E-state index in [2.05, 4.69) is 19.6 Å². The van der Waals surface area contributed by atoms with Crippen LogP contribution < -0.4 is 0 Å². The molecule has 0 N–H and O–H groups in total. The lowest BCUT2D eigenvalue weighted by Gasteiger charge is -2.18. The average molecular weight is 240 g/mol. The maximum Gasteiger partial charge on any atom is 0.496 e. The Morgan fingerprint density at radius 1 is 0.571 bits per heavy atom. The Morgan fingerprint density at radius 2 is 0.786 bits per heavy atom. The molecule has 14 heavy (non-hydrogen) atoms. The van der Waals surface area contributed by atoms with Gasteiger partial charge in [0.05, 0.1) is 0 Å². The first-order chi connectivity index (χ1) is 6.24. The van der Waals surface area contributed by atoms with Gasteiger partial charge in [-0.15, -0.1) is 0 Å². The van der Waals surface area contributed by atoms with Crippen LogP contribution in [0.1, 0.15) is 0 Å². The van der Waals surface area contributed by atoms with E-state index in [0.29, 0.717) is 0 Å². The van der Waals surface area contributed by atoms with Gasteiger partial charge in [0.1, 0.15) is 0 Å². The fourth-order valence-electron chi connectivity index (χ4n) is 0.250. The number of hydrogen-bond acceptors (Lipinski definition) is 4. The summed E-state index contributed by atoms with van der Waals surface area (Å²) in [6.07, 6.45) is 0. The number of rotatable bonds is 4. The SMILES string of the molecule is CO[Si](C)(C)C.CO[Si](C)(OC)OC. The Balaban J connectivity index is 0. The van der Waals surface area contributed by atoms with Gasteiger partial charge in [0.2, 0.25) is 0 Å². The van der Waals surface area contributed by atoms with Gasteiger partial charge in [-0.25, -0.2) is 0 Å². The molecule has 0 rings (SSSR count). The van der Waals surface area contributed by atoms with Crippen LogP contribution in [0.3, 0.4) is 0 Å². The smallest absolute Gasteiger partial charge is 0.421 e.